The van der Waals surface area contributed by atoms with Crippen LogP contribution in [0.4, 0.5) is 0 Å². The van der Waals surface area contributed by atoms with Gasteiger partial charge in [-0.1, -0.05) is 30.3 Å². The summed E-state index contributed by atoms with van der Waals surface area (Å²) >= 11 is 0. The Kier molecular flexibility index (Phi) is 9.58. The quantitative estimate of drug-likeness (QED) is 0.246. The molecule has 0 spiro atoms. The molecule has 3 aromatic rings. The predicted molar refractivity (Wildman–Crippen MR) is 138 cm³/mol. The van der Waals surface area contributed by atoms with Crippen molar-refractivity contribution in [3.63, 3.8) is 0 Å². The van der Waals surface area contributed by atoms with Gasteiger partial charge in [-0.3, -0.25) is 9.79 Å². The summed E-state index contributed by atoms with van der Waals surface area (Å²) in [7, 11) is 5.07. The molecule has 0 heterocycles. The first kappa shape index (κ1) is 24.5. The largest absolute Gasteiger partial charge is 0.497 e. The Labute approximate surface area is 200 Å². The number of halogens is 1. The summed E-state index contributed by atoms with van der Waals surface area (Å²) in [4.78, 5) is 16.1. The number of guanidine groups is 1. The minimum absolute atomic E-state index is 0. The molecule has 0 aliphatic rings. The van der Waals surface area contributed by atoms with Crippen molar-refractivity contribution < 1.29 is 9.53 Å². The lowest BCUT2D eigenvalue weighted by Crippen LogP contribution is -2.37. The number of amides is 1. The van der Waals surface area contributed by atoms with Gasteiger partial charge in [-0.25, -0.2) is 0 Å². The van der Waals surface area contributed by atoms with Crippen LogP contribution in [0.15, 0.2) is 65.7 Å². The van der Waals surface area contributed by atoms with Crippen LogP contribution < -0.4 is 20.7 Å². The van der Waals surface area contributed by atoms with Crippen molar-refractivity contribution in [2.75, 3.05) is 27.7 Å². The lowest BCUT2D eigenvalue weighted by atomic mass is 10.1. The molecule has 0 aromatic heterocycles. The van der Waals surface area contributed by atoms with Crippen LogP contribution in [0.5, 0.6) is 5.75 Å². The lowest BCUT2D eigenvalue weighted by molar-refractivity contribution is 0.0963. The molecule has 3 rings (SSSR count). The number of benzene rings is 3. The van der Waals surface area contributed by atoms with Crippen LogP contribution in [0.25, 0.3) is 10.8 Å². The summed E-state index contributed by atoms with van der Waals surface area (Å²) in [5, 5.41) is 11.7. The van der Waals surface area contributed by atoms with Gasteiger partial charge in [0.05, 0.1) is 7.11 Å². The summed E-state index contributed by atoms with van der Waals surface area (Å²) in [5.74, 6) is 1.53. The Morgan fingerprint density at radius 3 is 2.48 bits per heavy atom. The van der Waals surface area contributed by atoms with E-state index in [2.05, 4.69) is 45.2 Å². The Morgan fingerprint density at radius 1 is 0.968 bits per heavy atom. The van der Waals surface area contributed by atoms with Crippen molar-refractivity contribution in [3.8, 4) is 5.75 Å². The second-order valence-corrected chi connectivity index (χ2v) is 6.93. The topological polar surface area (TPSA) is 74.8 Å². The number of rotatable bonds is 7. The molecule has 0 saturated carbocycles. The van der Waals surface area contributed by atoms with Gasteiger partial charge in [0.15, 0.2) is 5.96 Å². The molecule has 1 amide bonds. The fourth-order valence-corrected chi connectivity index (χ4v) is 3.25. The molecule has 0 aliphatic carbocycles. The predicted octanol–water partition coefficient (Wildman–Crippen LogP) is 3.73. The van der Waals surface area contributed by atoms with Gasteiger partial charge in [-0.2, -0.15) is 0 Å². The molecule has 31 heavy (non-hydrogen) atoms. The van der Waals surface area contributed by atoms with Crippen molar-refractivity contribution in [2.45, 2.75) is 13.0 Å². The van der Waals surface area contributed by atoms with Crippen LogP contribution in [0, 0.1) is 0 Å². The van der Waals surface area contributed by atoms with Crippen LogP contribution in [-0.2, 0) is 13.0 Å². The minimum atomic E-state index is -0.0730. The van der Waals surface area contributed by atoms with Crippen LogP contribution >= 0.6 is 24.0 Å². The van der Waals surface area contributed by atoms with E-state index in [9.17, 15) is 4.79 Å². The maximum absolute atomic E-state index is 11.8. The zero-order chi connectivity index (χ0) is 21.3. The van der Waals surface area contributed by atoms with Crippen LogP contribution in [0.1, 0.15) is 21.5 Å². The number of aliphatic imine (C=N–C) groups is 1. The smallest absolute Gasteiger partial charge is 0.251 e. The highest BCUT2D eigenvalue weighted by atomic mass is 127. The number of methoxy groups -OCH3 is 1. The van der Waals surface area contributed by atoms with Crippen molar-refractivity contribution in [1.29, 1.82) is 0 Å². The van der Waals surface area contributed by atoms with E-state index >= 15 is 0 Å². The molecule has 0 radical (unpaired) electrons. The second-order valence-electron chi connectivity index (χ2n) is 6.93. The van der Waals surface area contributed by atoms with Gasteiger partial charge in [-0.15, -0.1) is 24.0 Å². The van der Waals surface area contributed by atoms with Gasteiger partial charge in [0.25, 0.3) is 5.91 Å². The third-order valence-electron chi connectivity index (χ3n) is 4.92. The van der Waals surface area contributed by atoms with E-state index in [1.165, 1.54) is 10.9 Å². The van der Waals surface area contributed by atoms with E-state index in [1.54, 1.807) is 21.2 Å². The molecule has 0 unspecified atom stereocenters. The Bertz CT molecular complexity index is 1050. The van der Waals surface area contributed by atoms with E-state index in [1.807, 2.05) is 36.4 Å². The SMILES string of the molecule is CN=C(NCCc1cccc(C(=O)NC)c1)NCc1ccc2cc(OC)ccc2c1.I. The van der Waals surface area contributed by atoms with Crippen LogP contribution in [0.2, 0.25) is 0 Å². The summed E-state index contributed by atoms with van der Waals surface area (Å²) in [6, 6.07) is 20.1. The minimum Gasteiger partial charge on any atom is -0.497 e. The second kappa shape index (κ2) is 12.1. The number of fused-ring (bicyclic) bond motifs is 1. The molecule has 0 aliphatic heterocycles. The number of hydrogen-bond acceptors (Lipinski definition) is 3. The number of ether oxygens (including phenoxy) is 1. The number of nitrogens with zero attached hydrogens (tertiary/aromatic N) is 1. The first-order valence-corrected chi connectivity index (χ1v) is 9.95. The highest BCUT2D eigenvalue weighted by molar-refractivity contribution is 14.0. The third kappa shape index (κ3) is 6.85. The zero-order valence-corrected chi connectivity index (χ0v) is 20.4. The molecule has 3 N–H and O–H groups in total. The molecule has 3 aromatic carbocycles. The van der Waals surface area contributed by atoms with Crippen LogP contribution in [-0.4, -0.2) is 39.6 Å². The fourth-order valence-electron chi connectivity index (χ4n) is 3.25. The van der Waals surface area contributed by atoms with E-state index in [-0.39, 0.29) is 29.9 Å². The summed E-state index contributed by atoms with van der Waals surface area (Å²) in [5.41, 5.74) is 2.95. The van der Waals surface area contributed by atoms with E-state index in [0.717, 1.165) is 29.1 Å². The molecular formula is C24H29IN4O2. The normalized spacial score (nSPS) is 10.9. The van der Waals surface area contributed by atoms with E-state index in [0.29, 0.717) is 18.7 Å². The first-order valence-electron chi connectivity index (χ1n) is 9.95. The maximum atomic E-state index is 11.8. The third-order valence-corrected chi connectivity index (χ3v) is 4.92. The Morgan fingerprint density at radius 2 is 1.74 bits per heavy atom. The molecular weight excluding hydrogens is 503 g/mol. The van der Waals surface area contributed by atoms with Gasteiger partial charge in [-0.05, 0) is 58.7 Å². The van der Waals surface area contributed by atoms with E-state index < -0.39 is 0 Å². The summed E-state index contributed by atoms with van der Waals surface area (Å²) in [6.07, 6.45) is 0.795. The highest BCUT2D eigenvalue weighted by Crippen LogP contribution is 2.21. The average molecular weight is 532 g/mol. The standard InChI is InChI=1S/C24H28N4O2.HI/c1-25-23(29)21-6-4-5-17(13-21)11-12-27-24(26-2)28-16-18-7-8-20-15-22(30-3)10-9-19(20)14-18;/h4-10,13-15H,11-12,16H2,1-3H3,(H,25,29)(H2,26,27,28);1H. The molecule has 164 valence electrons. The zero-order valence-electron chi connectivity index (χ0n) is 18.1. The maximum Gasteiger partial charge on any atom is 0.251 e. The van der Waals surface area contributed by atoms with Gasteiger partial charge in [0, 0.05) is 32.7 Å². The lowest BCUT2D eigenvalue weighted by Gasteiger charge is -2.13. The van der Waals surface area contributed by atoms with Crippen molar-refractivity contribution in [1.82, 2.24) is 16.0 Å². The van der Waals surface area contributed by atoms with Crippen molar-refractivity contribution in [3.05, 3.63) is 77.4 Å². The molecule has 7 heteroatoms. The Balaban J connectivity index is 0.00000341. The van der Waals surface area contributed by atoms with Crippen LogP contribution in [0.3, 0.4) is 0 Å². The number of carbonyl (C=O) groups excluding carboxylic acids is 1. The number of carbonyl (C=O) groups is 1. The van der Waals surface area contributed by atoms with Gasteiger partial charge in [0.1, 0.15) is 5.75 Å². The van der Waals surface area contributed by atoms with E-state index in [4.69, 9.17) is 4.74 Å². The summed E-state index contributed by atoms with van der Waals surface area (Å²) < 4.78 is 5.28. The highest BCUT2D eigenvalue weighted by Gasteiger charge is 2.05. The van der Waals surface area contributed by atoms with Gasteiger partial charge < -0.3 is 20.7 Å². The molecule has 0 saturated heterocycles. The number of nitrogens with one attached hydrogen (secondary N) is 3. The van der Waals surface area contributed by atoms with Gasteiger partial charge >= 0.3 is 0 Å². The molecule has 6 nitrogen and oxygen atoms in total. The van der Waals surface area contributed by atoms with Gasteiger partial charge in [0.2, 0.25) is 0 Å². The van der Waals surface area contributed by atoms with Crippen molar-refractivity contribution >= 4 is 46.6 Å². The summed E-state index contributed by atoms with van der Waals surface area (Å²) in [6.45, 7) is 1.39. The molecule has 0 bridgehead atoms. The fraction of sp³-hybridized carbons (Fsp3) is 0.250. The Hall–Kier alpha value is -2.81. The number of hydrogen-bond donors (Lipinski definition) is 3. The molecule has 0 atom stereocenters. The first-order chi connectivity index (χ1) is 14.6. The average Bonchev–Trinajstić information content (AvgIpc) is 2.80. The van der Waals surface area contributed by atoms with Crippen molar-refractivity contribution in [2.24, 2.45) is 4.99 Å². The molecule has 0 fully saturated rings. The monoisotopic (exact) mass is 532 g/mol.